The van der Waals surface area contributed by atoms with Crippen molar-refractivity contribution in [3.05, 3.63) is 38.2 Å². The summed E-state index contributed by atoms with van der Waals surface area (Å²) >= 11 is 3.13. The van der Waals surface area contributed by atoms with Gasteiger partial charge in [0.05, 0.1) is 21.4 Å². The van der Waals surface area contributed by atoms with Gasteiger partial charge in [-0.1, -0.05) is 6.92 Å². The zero-order valence-corrected chi connectivity index (χ0v) is 12.4. The van der Waals surface area contributed by atoms with E-state index in [0.29, 0.717) is 0 Å². The number of rotatable bonds is 5. The van der Waals surface area contributed by atoms with Crippen molar-refractivity contribution in [2.45, 2.75) is 26.9 Å². The lowest BCUT2D eigenvalue weighted by molar-refractivity contribution is -0.139. The maximum atomic E-state index is 11.5. The molecule has 4 nitrogen and oxygen atoms in total. The molecule has 0 unspecified atom stereocenters. The highest BCUT2D eigenvalue weighted by molar-refractivity contribution is 7.09. The van der Waals surface area contributed by atoms with Crippen molar-refractivity contribution in [2.75, 3.05) is 0 Å². The molecule has 0 bridgehead atoms. The van der Waals surface area contributed by atoms with Crippen molar-refractivity contribution in [2.24, 2.45) is 0 Å². The molecule has 2 aromatic heterocycles. The fourth-order valence-electron chi connectivity index (χ4n) is 1.38. The Kier molecular flexibility index (Phi) is 4.81. The molecule has 0 saturated carbocycles. The zero-order valence-electron chi connectivity index (χ0n) is 10.8. The number of hydrogen-bond acceptors (Lipinski definition) is 6. The lowest BCUT2D eigenvalue weighted by atomic mass is 10.4. The van der Waals surface area contributed by atoms with Crippen LogP contribution in [0.5, 0.6) is 0 Å². The van der Waals surface area contributed by atoms with Crippen LogP contribution in [-0.4, -0.2) is 15.9 Å². The second kappa shape index (κ2) is 6.58. The molecule has 0 aliphatic heterocycles. The van der Waals surface area contributed by atoms with Crippen LogP contribution in [-0.2, 0) is 22.6 Å². The van der Waals surface area contributed by atoms with Gasteiger partial charge in [-0.15, -0.1) is 22.7 Å². The molecular formula is C13H14N2O2S2. The first-order valence-electron chi connectivity index (χ1n) is 5.87. The van der Waals surface area contributed by atoms with Crippen molar-refractivity contribution in [3.8, 4) is 0 Å². The normalized spacial score (nSPS) is 11.1. The van der Waals surface area contributed by atoms with Crippen molar-refractivity contribution in [1.29, 1.82) is 0 Å². The summed E-state index contributed by atoms with van der Waals surface area (Å²) < 4.78 is 5.11. The number of aryl methyl sites for hydroxylation is 2. The van der Waals surface area contributed by atoms with Gasteiger partial charge < -0.3 is 4.74 Å². The van der Waals surface area contributed by atoms with E-state index in [9.17, 15) is 4.79 Å². The summed E-state index contributed by atoms with van der Waals surface area (Å²) in [4.78, 5) is 20.1. The van der Waals surface area contributed by atoms with Crippen LogP contribution in [0.4, 0.5) is 0 Å². The van der Waals surface area contributed by atoms with Crippen LogP contribution in [0.25, 0.3) is 6.08 Å². The number of hydrogen-bond donors (Lipinski definition) is 0. The van der Waals surface area contributed by atoms with E-state index in [2.05, 4.69) is 9.97 Å². The van der Waals surface area contributed by atoms with Crippen molar-refractivity contribution >= 4 is 34.7 Å². The van der Waals surface area contributed by atoms with Crippen molar-refractivity contribution in [1.82, 2.24) is 9.97 Å². The van der Waals surface area contributed by atoms with Crippen LogP contribution >= 0.6 is 22.7 Å². The molecule has 0 saturated heterocycles. The summed E-state index contributed by atoms with van der Waals surface area (Å²) in [5.41, 5.74) is 1.58. The van der Waals surface area contributed by atoms with Gasteiger partial charge in [-0.25, -0.2) is 14.8 Å². The molecule has 6 heteroatoms. The van der Waals surface area contributed by atoms with Crippen LogP contribution in [0.2, 0.25) is 0 Å². The lowest BCUT2D eigenvalue weighted by Crippen LogP contribution is -2.01. The molecule has 2 rings (SSSR count). The van der Waals surface area contributed by atoms with E-state index in [4.69, 9.17) is 4.74 Å². The van der Waals surface area contributed by atoms with Crippen molar-refractivity contribution in [3.63, 3.8) is 0 Å². The van der Waals surface area contributed by atoms with Crippen LogP contribution in [0.15, 0.2) is 16.8 Å². The molecule has 2 aromatic rings. The van der Waals surface area contributed by atoms with E-state index >= 15 is 0 Å². The third kappa shape index (κ3) is 4.25. The zero-order chi connectivity index (χ0) is 13.7. The molecule has 0 aliphatic carbocycles. The highest BCUT2D eigenvalue weighted by Gasteiger charge is 2.03. The molecule has 100 valence electrons. The van der Waals surface area contributed by atoms with Gasteiger partial charge in [0.15, 0.2) is 0 Å². The third-order valence-corrected chi connectivity index (χ3v) is 4.12. The maximum absolute atomic E-state index is 11.5. The molecule has 0 aliphatic rings. The van der Waals surface area contributed by atoms with Crippen LogP contribution in [0.3, 0.4) is 0 Å². The van der Waals surface area contributed by atoms with Gasteiger partial charge in [-0.2, -0.15) is 0 Å². The Bertz CT molecular complexity index is 587. The van der Waals surface area contributed by atoms with Crippen molar-refractivity contribution < 1.29 is 9.53 Å². The SMILES string of the molecule is CCc1nc(COC(=O)/C=C/c2csc(C)n2)cs1. The lowest BCUT2D eigenvalue weighted by Gasteiger charge is -1.97. The van der Waals surface area contributed by atoms with E-state index in [0.717, 1.165) is 27.8 Å². The van der Waals surface area contributed by atoms with Crippen LogP contribution < -0.4 is 0 Å². The molecule has 19 heavy (non-hydrogen) atoms. The minimum absolute atomic E-state index is 0.218. The largest absolute Gasteiger partial charge is 0.456 e. The Morgan fingerprint density at radius 2 is 2.21 bits per heavy atom. The first-order chi connectivity index (χ1) is 9.17. The summed E-state index contributed by atoms with van der Waals surface area (Å²) in [6.07, 6.45) is 3.95. The molecule has 0 radical (unpaired) electrons. The third-order valence-electron chi connectivity index (χ3n) is 2.29. The average molecular weight is 294 g/mol. The van der Waals surface area contributed by atoms with E-state index in [1.807, 2.05) is 24.6 Å². The van der Waals surface area contributed by atoms with E-state index < -0.39 is 0 Å². The summed E-state index contributed by atoms with van der Waals surface area (Å²) in [6.45, 7) is 4.19. The number of carbonyl (C=O) groups is 1. The topological polar surface area (TPSA) is 52.1 Å². The molecule has 0 fully saturated rings. The van der Waals surface area contributed by atoms with E-state index in [1.54, 1.807) is 28.7 Å². The molecular weight excluding hydrogens is 280 g/mol. The Morgan fingerprint density at radius 1 is 1.37 bits per heavy atom. The van der Waals surface area contributed by atoms with Gasteiger partial charge in [-0.05, 0) is 19.4 Å². The van der Waals surface area contributed by atoms with Gasteiger partial charge in [0.1, 0.15) is 6.61 Å². The molecule has 0 atom stereocenters. The second-order valence-corrected chi connectivity index (χ2v) is 5.82. The molecule has 0 spiro atoms. The predicted octanol–water partition coefficient (Wildman–Crippen LogP) is 3.23. The average Bonchev–Trinajstić information content (AvgIpc) is 3.02. The van der Waals surface area contributed by atoms with Gasteiger partial charge in [0.25, 0.3) is 0 Å². The number of esters is 1. The fourth-order valence-corrected chi connectivity index (χ4v) is 2.69. The van der Waals surface area contributed by atoms with Crippen LogP contribution in [0.1, 0.15) is 28.3 Å². The summed E-state index contributed by atoms with van der Waals surface area (Å²) in [5.74, 6) is -0.378. The minimum atomic E-state index is -0.378. The number of carbonyl (C=O) groups excluding carboxylic acids is 1. The number of thiazole rings is 2. The Labute approximate surface area is 119 Å². The summed E-state index contributed by atoms with van der Waals surface area (Å²) in [6, 6.07) is 0. The first-order valence-corrected chi connectivity index (χ1v) is 7.63. The van der Waals surface area contributed by atoms with Gasteiger partial charge >= 0.3 is 5.97 Å². The Hall–Kier alpha value is -1.53. The van der Waals surface area contributed by atoms with E-state index in [-0.39, 0.29) is 12.6 Å². The van der Waals surface area contributed by atoms with Gasteiger partial charge in [-0.3, -0.25) is 0 Å². The number of nitrogens with zero attached hydrogens (tertiary/aromatic N) is 2. The standard InChI is InChI=1S/C13H14N2O2S2/c1-3-12-15-11(8-19-12)6-17-13(16)5-4-10-7-18-9(2)14-10/h4-5,7-8H,3,6H2,1-2H3/b5-4+. The Balaban J connectivity index is 1.82. The highest BCUT2D eigenvalue weighted by atomic mass is 32.1. The molecule has 0 amide bonds. The molecule has 2 heterocycles. The predicted molar refractivity (Wildman–Crippen MR) is 77.2 cm³/mol. The highest BCUT2D eigenvalue weighted by Crippen LogP contribution is 2.12. The quantitative estimate of drug-likeness (QED) is 0.627. The smallest absolute Gasteiger partial charge is 0.331 e. The van der Waals surface area contributed by atoms with E-state index in [1.165, 1.54) is 6.08 Å². The number of ether oxygens (including phenoxy) is 1. The minimum Gasteiger partial charge on any atom is -0.456 e. The molecule has 0 aromatic carbocycles. The summed E-state index contributed by atoms with van der Waals surface area (Å²) in [7, 11) is 0. The van der Waals surface area contributed by atoms with Gasteiger partial charge in [0.2, 0.25) is 0 Å². The molecule has 0 N–H and O–H groups in total. The van der Waals surface area contributed by atoms with Gasteiger partial charge in [0, 0.05) is 16.8 Å². The Morgan fingerprint density at radius 3 is 2.84 bits per heavy atom. The van der Waals surface area contributed by atoms with Crippen LogP contribution in [0, 0.1) is 6.92 Å². The monoisotopic (exact) mass is 294 g/mol. The maximum Gasteiger partial charge on any atom is 0.331 e. The summed E-state index contributed by atoms with van der Waals surface area (Å²) in [5, 5.41) is 5.84. The second-order valence-electron chi connectivity index (χ2n) is 3.82. The fraction of sp³-hybridized carbons (Fsp3) is 0.308. The number of aromatic nitrogens is 2. The first kappa shape index (κ1) is 13.9.